The van der Waals surface area contributed by atoms with E-state index in [1.54, 1.807) is 30.0 Å². The molecule has 1 fully saturated rings. The number of methoxy groups -OCH3 is 1. The van der Waals surface area contributed by atoms with E-state index >= 15 is 0 Å². The lowest BCUT2D eigenvalue weighted by Gasteiger charge is -2.32. The molecule has 0 unspecified atom stereocenters. The number of hydrogen-bond acceptors (Lipinski definition) is 6. The van der Waals surface area contributed by atoms with Crippen LogP contribution in [0.5, 0.6) is 5.75 Å². The Morgan fingerprint density at radius 1 is 1.12 bits per heavy atom. The van der Waals surface area contributed by atoms with Crippen LogP contribution in [-0.2, 0) is 30.9 Å². The molecule has 1 heterocycles. The van der Waals surface area contributed by atoms with Gasteiger partial charge >= 0.3 is 5.97 Å². The molecular formula is C24H29ClN2O6S. The van der Waals surface area contributed by atoms with Crippen molar-refractivity contribution in [3.8, 4) is 5.75 Å². The van der Waals surface area contributed by atoms with Crippen molar-refractivity contribution in [2.75, 3.05) is 33.4 Å². The molecule has 0 atom stereocenters. The third-order valence-electron chi connectivity index (χ3n) is 5.72. The van der Waals surface area contributed by atoms with Crippen LogP contribution in [0.25, 0.3) is 0 Å². The molecule has 0 aliphatic carbocycles. The Morgan fingerprint density at radius 3 is 2.41 bits per heavy atom. The fourth-order valence-electron chi connectivity index (χ4n) is 3.88. The van der Waals surface area contributed by atoms with E-state index < -0.39 is 10.0 Å². The van der Waals surface area contributed by atoms with Crippen LogP contribution in [0, 0.1) is 5.92 Å². The molecule has 1 aliphatic heterocycles. The Labute approximate surface area is 205 Å². The van der Waals surface area contributed by atoms with E-state index in [4.69, 9.17) is 21.1 Å². The van der Waals surface area contributed by atoms with Gasteiger partial charge in [-0.15, -0.1) is 0 Å². The van der Waals surface area contributed by atoms with Crippen molar-refractivity contribution in [3.05, 3.63) is 59.1 Å². The number of hydrogen-bond donors (Lipinski definition) is 0. The monoisotopic (exact) mass is 508 g/mol. The smallest absolute Gasteiger partial charge is 0.309 e. The molecule has 2 aromatic carbocycles. The number of ether oxygens (including phenoxy) is 2. The molecule has 0 radical (unpaired) electrons. The molecule has 0 N–H and O–H groups in total. The van der Waals surface area contributed by atoms with Crippen LogP contribution in [0.1, 0.15) is 25.3 Å². The molecule has 0 saturated carbocycles. The van der Waals surface area contributed by atoms with Crippen molar-refractivity contribution >= 4 is 33.5 Å². The summed E-state index contributed by atoms with van der Waals surface area (Å²) in [6.07, 6.45) is 0.969. The standard InChI is InChI=1S/C24H29ClN2O6S/c1-3-33-24(29)19-11-13-26(14-12-19)23(28)17-27(16-18-7-5-4-6-8-18)34(30,31)22-15-20(25)9-10-21(22)32-2/h4-10,15,19H,3,11-14,16-17H2,1-2H3. The lowest BCUT2D eigenvalue weighted by atomic mass is 9.97. The van der Waals surface area contributed by atoms with E-state index in [1.807, 2.05) is 18.2 Å². The molecule has 0 spiro atoms. The largest absolute Gasteiger partial charge is 0.495 e. The summed E-state index contributed by atoms with van der Waals surface area (Å²) in [5, 5.41) is 0.242. The van der Waals surface area contributed by atoms with Crippen LogP contribution < -0.4 is 4.74 Å². The maximum atomic E-state index is 13.7. The lowest BCUT2D eigenvalue weighted by Crippen LogP contribution is -2.46. The van der Waals surface area contributed by atoms with Crippen molar-refractivity contribution in [1.29, 1.82) is 0 Å². The number of rotatable bonds is 9. The van der Waals surface area contributed by atoms with E-state index in [0.29, 0.717) is 32.5 Å². The van der Waals surface area contributed by atoms with E-state index in [2.05, 4.69) is 0 Å². The SMILES string of the molecule is CCOC(=O)C1CCN(C(=O)CN(Cc2ccccc2)S(=O)(=O)c2cc(Cl)ccc2OC)CC1. The zero-order chi connectivity index (χ0) is 24.7. The zero-order valence-electron chi connectivity index (χ0n) is 19.3. The molecule has 0 aromatic heterocycles. The van der Waals surface area contributed by atoms with Crippen molar-refractivity contribution in [3.63, 3.8) is 0 Å². The Morgan fingerprint density at radius 2 is 1.79 bits per heavy atom. The van der Waals surface area contributed by atoms with Crippen LogP contribution in [0.3, 0.4) is 0 Å². The van der Waals surface area contributed by atoms with Crippen LogP contribution in [0.2, 0.25) is 5.02 Å². The molecule has 1 aliphatic rings. The molecule has 8 nitrogen and oxygen atoms in total. The summed E-state index contributed by atoms with van der Waals surface area (Å²) in [5.74, 6) is -0.687. The first-order chi connectivity index (χ1) is 16.3. The number of carbonyl (C=O) groups excluding carboxylic acids is 2. The molecule has 34 heavy (non-hydrogen) atoms. The van der Waals surface area contributed by atoms with Gasteiger partial charge in [0, 0.05) is 24.7 Å². The van der Waals surface area contributed by atoms with Gasteiger partial charge in [0.25, 0.3) is 0 Å². The highest BCUT2D eigenvalue weighted by molar-refractivity contribution is 7.89. The molecule has 3 rings (SSSR count). The lowest BCUT2D eigenvalue weighted by molar-refractivity contribution is -0.151. The highest BCUT2D eigenvalue weighted by Crippen LogP contribution is 2.30. The van der Waals surface area contributed by atoms with Gasteiger partial charge in [0.1, 0.15) is 10.6 Å². The number of carbonyl (C=O) groups is 2. The highest BCUT2D eigenvalue weighted by atomic mass is 35.5. The number of benzene rings is 2. The summed E-state index contributed by atoms with van der Waals surface area (Å²) < 4.78 is 38.8. The van der Waals surface area contributed by atoms with Crippen molar-refractivity contribution in [2.45, 2.75) is 31.2 Å². The first-order valence-electron chi connectivity index (χ1n) is 11.1. The average Bonchev–Trinajstić information content (AvgIpc) is 2.84. The number of nitrogens with zero attached hydrogens (tertiary/aromatic N) is 2. The predicted molar refractivity (Wildman–Crippen MR) is 128 cm³/mol. The second-order valence-electron chi connectivity index (χ2n) is 7.96. The average molecular weight is 509 g/mol. The minimum absolute atomic E-state index is 0.00384. The van der Waals surface area contributed by atoms with Gasteiger partial charge < -0.3 is 14.4 Å². The molecule has 184 valence electrons. The van der Waals surface area contributed by atoms with Gasteiger partial charge in [-0.2, -0.15) is 4.31 Å². The van der Waals surface area contributed by atoms with Crippen LogP contribution in [0.4, 0.5) is 0 Å². The number of sulfonamides is 1. The fourth-order valence-corrected chi connectivity index (χ4v) is 5.68. The Hall–Kier alpha value is -2.62. The minimum atomic E-state index is -4.13. The molecule has 10 heteroatoms. The summed E-state index contributed by atoms with van der Waals surface area (Å²) in [4.78, 5) is 26.6. The van der Waals surface area contributed by atoms with Gasteiger partial charge in [0.05, 0.1) is 26.2 Å². The van der Waals surface area contributed by atoms with Gasteiger partial charge in [0.15, 0.2) is 0 Å². The van der Waals surface area contributed by atoms with Crippen LogP contribution in [-0.4, -0.2) is 62.9 Å². The third-order valence-corrected chi connectivity index (χ3v) is 7.77. The quantitative estimate of drug-likeness (QED) is 0.482. The maximum absolute atomic E-state index is 13.7. The van der Waals surface area contributed by atoms with E-state index in [-0.39, 0.29) is 46.6 Å². The third kappa shape index (κ3) is 6.28. The van der Waals surface area contributed by atoms with Crippen molar-refractivity contribution in [1.82, 2.24) is 9.21 Å². The van der Waals surface area contributed by atoms with Crippen molar-refractivity contribution < 1.29 is 27.5 Å². The Kier molecular flexibility index (Phi) is 8.93. The van der Waals surface area contributed by atoms with Crippen LogP contribution in [0.15, 0.2) is 53.4 Å². The van der Waals surface area contributed by atoms with Gasteiger partial charge in [0.2, 0.25) is 15.9 Å². The van der Waals surface area contributed by atoms with Crippen molar-refractivity contribution in [2.24, 2.45) is 5.92 Å². The normalized spacial score (nSPS) is 14.8. The molecular weight excluding hydrogens is 480 g/mol. The van der Waals surface area contributed by atoms with E-state index in [9.17, 15) is 18.0 Å². The molecule has 1 amide bonds. The number of esters is 1. The van der Waals surface area contributed by atoms with E-state index in [0.717, 1.165) is 9.87 Å². The fraction of sp³-hybridized carbons (Fsp3) is 0.417. The number of piperidine rings is 1. The molecule has 1 saturated heterocycles. The Bertz CT molecular complexity index is 1100. The van der Waals surface area contributed by atoms with E-state index in [1.165, 1.54) is 19.2 Å². The summed E-state index contributed by atoms with van der Waals surface area (Å²) in [6.45, 7) is 2.45. The van der Waals surface area contributed by atoms with Gasteiger partial charge in [-0.1, -0.05) is 41.9 Å². The predicted octanol–water partition coefficient (Wildman–Crippen LogP) is 3.34. The number of likely N-dealkylation sites (tertiary alicyclic amines) is 1. The summed E-state index contributed by atoms with van der Waals surface area (Å²) >= 11 is 6.08. The first-order valence-corrected chi connectivity index (χ1v) is 12.9. The molecule has 0 bridgehead atoms. The highest BCUT2D eigenvalue weighted by Gasteiger charge is 2.33. The Balaban J connectivity index is 1.82. The molecule has 2 aromatic rings. The van der Waals surface area contributed by atoms with Gasteiger partial charge in [-0.05, 0) is 43.5 Å². The second-order valence-corrected chi connectivity index (χ2v) is 10.3. The minimum Gasteiger partial charge on any atom is -0.495 e. The second kappa shape index (κ2) is 11.7. The summed E-state index contributed by atoms with van der Waals surface area (Å²) in [6, 6.07) is 13.4. The van der Waals surface area contributed by atoms with Crippen LogP contribution >= 0.6 is 11.6 Å². The topological polar surface area (TPSA) is 93.2 Å². The summed E-state index contributed by atoms with van der Waals surface area (Å²) in [5.41, 5.74) is 0.737. The first kappa shape index (κ1) is 26.0. The summed E-state index contributed by atoms with van der Waals surface area (Å²) in [7, 11) is -2.75. The van der Waals surface area contributed by atoms with Gasteiger partial charge in [-0.25, -0.2) is 8.42 Å². The number of amides is 1. The zero-order valence-corrected chi connectivity index (χ0v) is 20.8. The number of halogens is 1. The van der Waals surface area contributed by atoms with Gasteiger partial charge in [-0.3, -0.25) is 9.59 Å². The maximum Gasteiger partial charge on any atom is 0.309 e.